The van der Waals surface area contributed by atoms with Gasteiger partial charge in [0.05, 0.1) is 25.4 Å². The van der Waals surface area contributed by atoms with Crippen molar-refractivity contribution in [2.75, 3.05) is 26.9 Å². The lowest BCUT2D eigenvalue weighted by Crippen LogP contribution is -2.43. The summed E-state index contributed by atoms with van der Waals surface area (Å²) in [5.41, 5.74) is 0. The molecule has 0 aromatic carbocycles. The van der Waals surface area contributed by atoms with Gasteiger partial charge in [0.15, 0.2) is 0 Å². The molecule has 4 nitrogen and oxygen atoms in total. The molecule has 4 heteroatoms. The number of ether oxygens (including phenoxy) is 2. The van der Waals surface area contributed by atoms with Gasteiger partial charge in [0.1, 0.15) is 0 Å². The summed E-state index contributed by atoms with van der Waals surface area (Å²) in [5.74, 6) is 0.484. The van der Waals surface area contributed by atoms with Crippen LogP contribution in [-0.2, 0) is 9.47 Å². The molecule has 98 valence electrons. The summed E-state index contributed by atoms with van der Waals surface area (Å²) >= 11 is 0. The van der Waals surface area contributed by atoms with Crippen LogP contribution in [0.3, 0.4) is 0 Å². The van der Waals surface area contributed by atoms with Crippen LogP contribution >= 0.6 is 0 Å². The lowest BCUT2D eigenvalue weighted by Gasteiger charge is -2.23. The number of aliphatic hydroxyl groups is 1. The number of methoxy groups -OCH3 is 1. The quantitative estimate of drug-likeness (QED) is 0.624. The molecule has 0 saturated heterocycles. The van der Waals surface area contributed by atoms with E-state index in [1.807, 2.05) is 13.8 Å². The summed E-state index contributed by atoms with van der Waals surface area (Å²) in [6, 6.07) is 0.277. The van der Waals surface area contributed by atoms with Gasteiger partial charge in [-0.3, -0.25) is 0 Å². The van der Waals surface area contributed by atoms with Crippen molar-refractivity contribution in [3.05, 3.63) is 0 Å². The van der Waals surface area contributed by atoms with Gasteiger partial charge in [0.2, 0.25) is 0 Å². The van der Waals surface area contributed by atoms with Crippen LogP contribution in [0.25, 0.3) is 0 Å². The SMILES string of the molecule is COCC(NCC(O)COC(C)C)C(C)C. The zero-order valence-electron chi connectivity index (χ0n) is 11.2. The monoisotopic (exact) mass is 233 g/mol. The van der Waals surface area contributed by atoms with Crippen LogP contribution in [0.15, 0.2) is 0 Å². The molecule has 0 aromatic rings. The van der Waals surface area contributed by atoms with Gasteiger partial charge in [-0.05, 0) is 19.8 Å². The third-order valence-electron chi connectivity index (χ3n) is 2.39. The maximum Gasteiger partial charge on any atom is 0.0897 e. The molecule has 2 N–H and O–H groups in total. The fourth-order valence-corrected chi connectivity index (χ4v) is 1.32. The van der Waals surface area contributed by atoms with Crippen molar-refractivity contribution >= 4 is 0 Å². The lowest BCUT2D eigenvalue weighted by molar-refractivity contribution is 0.00349. The Morgan fingerprint density at radius 1 is 1.12 bits per heavy atom. The molecular weight excluding hydrogens is 206 g/mol. The average molecular weight is 233 g/mol. The summed E-state index contributed by atoms with van der Waals surface area (Å²) in [6.07, 6.45) is -0.296. The normalized spacial score (nSPS) is 15.8. The van der Waals surface area contributed by atoms with E-state index in [2.05, 4.69) is 19.2 Å². The van der Waals surface area contributed by atoms with E-state index in [0.717, 1.165) is 0 Å². The fourth-order valence-electron chi connectivity index (χ4n) is 1.32. The number of hydrogen-bond acceptors (Lipinski definition) is 4. The van der Waals surface area contributed by atoms with Crippen molar-refractivity contribution in [3.63, 3.8) is 0 Å². The number of aliphatic hydroxyl groups excluding tert-OH is 1. The third-order valence-corrected chi connectivity index (χ3v) is 2.39. The zero-order valence-corrected chi connectivity index (χ0v) is 11.2. The van der Waals surface area contributed by atoms with Crippen LogP contribution < -0.4 is 5.32 Å². The second-order valence-electron chi connectivity index (χ2n) is 4.75. The Labute approximate surface area is 99.3 Å². The van der Waals surface area contributed by atoms with Crippen LogP contribution in [0.4, 0.5) is 0 Å². The maximum absolute atomic E-state index is 9.67. The summed E-state index contributed by atoms with van der Waals surface area (Å²) in [7, 11) is 1.69. The molecular formula is C12H27NO3. The molecule has 0 aliphatic carbocycles. The summed E-state index contributed by atoms with van der Waals surface area (Å²) in [4.78, 5) is 0. The molecule has 0 rings (SSSR count). The van der Waals surface area contributed by atoms with Crippen molar-refractivity contribution in [2.45, 2.75) is 45.9 Å². The highest BCUT2D eigenvalue weighted by Gasteiger charge is 2.14. The van der Waals surface area contributed by atoms with Gasteiger partial charge < -0.3 is 19.9 Å². The summed E-state index contributed by atoms with van der Waals surface area (Å²) in [6.45, 7) is 9.77. The van der Waals surface area contributed by atoms with E-state index < -0.39 is 6.10 Å². The molecule has 16 heavy (non-hydrogen) atoms. The highest BCUT2D eigenvalue weighted by Crippen LogP contribution is 2.02. The lowest BCUT2D eigenvalue weighted by atomic mass is 10.1. The molecule has 0 aromatic heterocycles. The van der Waals surface area contributed by atoms with E-state index in [-0.39, 0.29) is 12.1 Å². The first kappa shape index (κ1) is 15.8. The topological polar surface area (TPSA) is 50.7 Å². The molecule has 0 bridgehead atoms. The van der Waals surface area contributed by atoms with Gasteiger partial charge in [-0.1, -0.05) is 13.8 Å². The van der Waals surface area contributed by atoms with Gasteiger partial charge in [0.25, 0.3) is 0 Å². The third kappa shape index (κ3) is 8.05. The molecule has 0 aliphatic rings. The van der Waals surface area contributed by atoms with E-state index in [1.54, 1.807) is 7.11 Å². The number of hydrogen-bond donors (Lipinski definition) is 2. The average Bonchev–Trinajstić information content (AvgIpc) is 2.20. The van der Waals surface area contributed by atoms with Gasteiger partial charge >= 0.3 is 0 Å². The summed E-state index contributed by atoms with van der Waals surface area (Å²) in [5, 5.41) is 13.0. The van der Waals surface area contributed by atoms with Crippen LogP contribution in [0, 0.1) is 5.92 Å². The Hall–Kier alpha value is -0.160. The zero-order chi connectivity index (χ0) is 12.6. The standard InChI is InChI=1S/C12H27NO3/c1-9(2)12(8-15-5)13-6-11(14)7-16-10(3)4/h9-14H,6-8H2,1-5H3. The van der Waals surface area contributed by atoms with Gasteiger partial charge in [-0.15, -0.1) is 0 Å². The Kier molecular flexibility index (Phi) is 8.84. The Bertz CT molecular complexity index is 162. The van der Waals surface area contributed by atoms with Crippen molar-refractivity contribution in [2.24, 2.45) is 5.92 Å². The largest absolute Gasteiger partial charge is 0.389 e. The minimum atomic E-state index is -0.458. The highest BCUT2D eigenvalue weighted by molar-refractivity contribution is 4.72. The highest BCUT2D eigenvalue weighted by atomic mass is 16.5. The van der Waals surface area contributed by atoms with E-state index in [9.17, 15) is 5.11 Å². The first-order valence-electron chi connectivity index (χ1n) is 5.99. The Morgan fingerprint density at radius 3 is 2.19 bits per heavy atom. The molecule has 0 heterocycles. The fraction of sp³-hybridized carbons (Fsp3) is 1.00. The molecule has 0 fully saturated rings. The van der Waals surface area contributed by atoms with Crippen molar-refractivity contribution in [1.82, 2.24) is 5.32 Å². The van der Waals surface area contributed by atoms with Gasteiger partial charge in [-0.2, -0.15) is 0 Å². The minimum absolute atomic E-state index is 0.162. The number of rotatable bonds is 9. The van der Waals surface area contributed by atoms with Crippen molar-refractivity contribution < 1.29 is 14.6 Å². The Balaban J connectivity index is 3.73. The first-order chi connectivity index (χ1) is 7.47. The van der Waals surface area contributed by atoms with E-state index in [0.29, 0.717) is 25.7 Å². The predicted molar refractivity (Wildman–Crippen MR) is 65.6 cm³/mol. The molecule has 2 unspecified atom stereocenters. The second kappa shape index (κ2) is 8.93. The second-order valence-corrected chi connectivity index (χ2v) is 4.75. The number of nitrogens with one attached hydrogen (secondary N) is 1. The van der Waals surface area contributed by atoms with Crippen molar-refractivity contribution in [1.29, 1.82) is 0 Å². The molecule has 0 radical (unpaired) electrons. The van der Waals surface area contributed by atoms with E-state index >= 15 is 0 Å². The van der Waals surface area contributed by atoms with E-state index in [1.165, 1.54) is 0 Å². The molecule has 0 saturated carbocycles. The van der Waals surface area contributed by atoms with Crippen LogP contribution in [-0.4, -0.2) is 50.2 Å². The summed E-state index contributed by atoms with van der Waals surface area (Å²) < 4.78 is 10.5. The van der Waals surface area contributed by atoms with Crippen LogP contribution in [0.2, 0.25) is 0 Å². The molecule has 2 atom stereocenters. The predicted octanol–water partition coefficient (Wildman–Crippen LogP) is 1.03. The molecule has 0 spiro atoms. The smallest absolute Gasteiger partial charge is 0.0897 e. The van der Waals surface area contributed by atoms with Crippen LogP contribution in [0.1, 0.15) is 27.7 Å². The van der Waals surface area contributed by atoms with Crippen molar-refractivity contribution in [3.8, 4) is 0 Å². The Morgan fingerprint density at radius 2 is 1.75 bits per heavy atom. The minimum Gasteiger partial charge on any atom is -0.389 e. The first-order valence-corrected chi connectivity index (χ1v) is 5.99. The van der Waals surface area contributed by atoms with Crippen LogP contribution in [0.5, 0.6) is 0 Å². The van der Waals surface area contributed by atoms with Gasteiger partial charge in [-0.25, -0.2) is 0 Å². The molecule has 0 aliphatic heterocycles. The van der Waals surface area contributed by atoms with E-state index in [4.69, 9.17) is 9.47 Å². The van der Waals surface area contributed by atoms with Gasteiger partial charge in [0, 0.05) is 19.7 Å². The maximum atomic E-state index is 9.67. The molecule has 0 amide bonds.